The molecule has 7 heteroatoms. The van der Waals surface area contributed by atoms with Crippen LogP contribution >= 0.6 is 0 Å². The molecule has 1 aromatic carbocycles. The highest BCUT2D eigenvalue weighted by molar-refractivity contribution is 6.08. The lowest BCUT2D eigenvalue weighted by Gasteiger charge is -2.29. The number of hydrogen-bond donors (Lipinski definition) is 2. The Bertz CT molecular complexity index is 819. The lowest BCUT2D eigenvalue weighted by molar-refractivity contribution is -0.114. The van der Waals surface area contributed by atoms with E-state index in [2.05, 4.69) is 20.5 Å². The summed E-state index contributed by atoms with van der Waals surface area (Å²) in [4.78, 5) is 30.3. The highest BCUT2D eigenvalue weighted by Gasteiger charge is 2.20. The Hall–Kier alpha value is -2.96. The van der Waals surface area contributed by atoms with Crippen molar-refractivity contribution in [3.8, 4) is 0 Å². The molecule has 1 aromatic heterocycles. The second kappa shape index (κ2) is 7.95. The second-order valence-electron chi connectivity index (χ2n) is 6.25. The molecule has 2 amide bonds. The van der Waals surface area contributed by atoms with Gasteiger partial charge in [-0.3, -0.25) is 9.59 Å². The van der Waals surface area contributed by atoms with Gasteiger partial charge >= 0.3 is 0 Å². The third kappa shape index (κ3) is 4.17. The molecule has 0 radical (unpaired) electrons. The van der Waals surface area contributed by atoms with Gasteiger partial charge in [0, 0.05) is 31.9 Å². The van der Waals surface area contributed by atoms with Crippen molar-refractivity contribution in [2.24, 2.45) is 0 Å². The lowest BCUT2D eigenvalue weighted by Crippen LogP contribution is -2.32. The molecule has 1 fully saturated rings. The van der Waals surface area contributed by atoms with Gasteiger partial charge in [-0.2, -0.15) is 0 Å². The minimum absolute atomic E-state index is 0.00898. The predicted octanol–water partition coefficient (Wildman–Crippen LogP) is 3.42. The molecule has 2 N–H and O–H groups in total. The van der Waals surface area contributed by atoms with Crippen LogP contribution in [-0.4, -0.2) is 29.9 Å². The Morgan fingerprint density at radius 1 is 1.12 bits per heavy atom. The van der Waals surface area contributed by atoms with Crippen molar-refractivity contribution in [2.45, 2.75) is 26.2 Å². The summed E-state index contributed by atoms with van der Waals surface area (Å²) in [5.74, 6) is -0.662. The van der Waals surface area contributed by atoms with Crippen LogP contribution in [0.5, 0.6) is 0 Å². The summed E-state index contributed by atoms with van der Waals surface area (Å²) in [5.41, 5.74) is 0.824. The molecule has 1 aliphatic rings. The fourth-order valence-corrected chi connectivity index (χ4v) is 3.02. The molecule has 0 aliphatic carbocycles. The van der Waals surface area contributed by atoms with Gasteiger partial charge in [-0.1, -0.05) is 0 Å². The van der Waals surface area contributed by atoms with Gasteiger partial charge in [0.05, 0.1) is 11.3 Å². The van der Waals surface area contributed by atoms with Gasteiger partial charge in [0.2, 0.25) is 5.91 Å². The molecule has 2 aromatic rings. The molecule has 2 heterocycles. The van der Waals surface area contributed by atoms with Crippen LogP contribution in [0.2, 0.25) is 0 Å². The first-order chi connectivity index (χ1) is 12.5. The molecule has 0 unspecified atom stereocenters. The standard InChI is InChI=1S/C19H21FN4O2/c1-13(25)22-14-7-8-16(20)17(12-14)23-19(26)15-6-5-9-21-18(15)24-10-3-2-4-11-24/h5-9,12H,2-4,10-11H2,1H3,(H,22,25)(H,23,26). The van der Waals surface area contributed by atoms with Gasteiger partial charge in [-0.05, 0) is 49.6 Å². The number of amides is 2. The Kier molecular flexibility index (Phi) is 5.46. The summed E-state index contributed by atoms with van der Waals surface area (Å²) in [6, 6.07) is 7.41. The monoisotopic (exact) mass is 356 g/mol. The molecule has 0 atom stereocenters. The van der Waals surface area contributed by atoms with Crippen molar-refractivity contribution in [3.63, 3.8) is 0 Å². The number of nitrogens with zero attached hydrogens (tertiary/aromatic N) is 2. The molecule has 136 valence electrons. The van der Waals surface area contributed by atoms with Gasteiger partial charge in [-0.15, -0.1) is 0 Å². The van der Waals surface area contributed by atoms with Gasteiger partial charge in [0.15, 0.2) is 0 Å². The van der Waals surface area contributed by atoms with Crippen molar-refractivity contribution >= 4 is 29.0 Å². The predicted molar refractivity (Wildman–Crippen MR) is 99.0 cm³/mol. The average molecular weight is 356 g/mol. The van der Waals surface area contributed by atoms with Crippen molar-refractivity contribution in [2.75, 3.05) is 28.6 Å². The van der Waals surface area contributed by atoms with E-state index < -0.39 is 11.7 Å². The number of carbonyl (C=O) groups is 2. The third-order valence-corrected chi connectivity index (χ3v) is 4.22. The number of halogens is 1. The van der Waals surface area contributed by atoms with Crippen LogP contribution in [0.25, 0.3) is 0 Å². The quantitative estimate of drug-likeness (QED) is 0.880. The number of anilines is 3. The molecule has 26 heavy (non-hydrogen) atoms. The first-order valence-electron chi connectivity index (χ1n) is 8.63. The highest BCUT2D eigenvalue weighted by atomic mass is 19.1. The van der Waals surface area contributed by atoms with Crippen molar-refractivity contribution < 1.29 is 14.0 Å². The van der Waals surface area contributed by atoms with Crippen LogP contribution in [0.1, 0.15) is 36.5 Å². The van der Waals surface area contributed by atoms with Gasteiger partial charge in [0.25, 0.3) is 5.91 Å². The molecule has 1 saturated heterocycles. The van der Waals surface area contributed by atoms with Crippen molar-refractivity contribution in [3.05, 3.63) is 47.9 Å². The molecule has 6 nitrogen and oxygen atoms in total. The fourth-order valence-electron chi connectivity index (χ4n) is 3.02. The summed E-state index contributed by atoms with van der Waals surface area (Å²) < 4.78 is 14.1. The number of benzene rings is 1. The number of rotatable bonds is 4. The van der Waals surface area contributed by atoms with E-state index >= 15 is 0 Å². The molecule has 1 aliphatic heterocycles. The Labute approximate surface area is 151 Å². The van der Waals surface area contributed by atoms with Crippen LogP contribution in [0.3, 0.4) is 0 Å². The summed E-state index contributed by atoms with van der Waals surface area (Å²) in [6.45, 7) is 3.06. The first-order valence-corrected chi connectivity index (χ1v) is 8.63. The molecule has 0 spiro atoms. The van der Waals surface area contributed by atoms with Crippen LogP contribution in [0, 0.1) is 5.82 Å². The lowest BCUT2D eigenvalue weighted by atomic mass is 10.1. The van der Waals surface area contributed by atoms with E-state index in [1.54, 1.807) is 18.3 Å². The van der Waals surface area contributed by atoms with E-state index in [0.717, 1.165) is 25.9 Å². The number of nitrogens with one attached hydrogen (secondary N) is 2. The van der Waals surface area contributed by atoms with E-state index in [-0.39, 0.29) is 11.6 Å². The summed E-state index contributed by atoms with van der Waals surface area (Å²) in [7, 11) is 0. The fraction of sp³-hybridized carbons (Fsp3) is 0.316. The average Bonchev–Trinajstić information content (AvgIpc) is 2.65. The van der Waals surface area contributed by atoms with E-state index in [9.17, 15) is 14.0 Å². The third-order valence-electron chi connectivity index (χ3n) is 4.22. The Morgan fingerprint density at radius 3 is 2.62 bits per heavy atom. The van der Waals surface area contributed by atoms with Crippen LogP contribution in [0.4, 0.5) is 21.6 Å². The number of carbonyl (C=O) groups excluding carboxylic acids is 2. The SMILES string of the molecule is CC(=O)Nc1ccc(F)c(NC(=O)c2cccnc2N2CCCCC2)c1. The zero-order valence-electron chi connectivity index (χ0n) is 14.6. The topological polar surface area (TPSA) is 74.3 Å². The Morgan fingerprint density at radius 2 is 1.88 bits per heavy atom. The van der Waals surface area contributed by atoms with Crippen molar-refractivity contribution in [1.29, 1.82) is 0 Å². The zero-order valence-corrected chi connectivity index (χ0v) is 14.6. The van der Waals surface area contributed by atoms with Crippen LogP contribution in [0.15, 0.2) is 36.5 Å². The number of pyridine rings is 1. The summed E-state index contributed by atoms with van der Waals surface area (Å²) in [5, 5.41) is 5.16. The highest BCUT2D eigenvalue weighted by Crippen LogP contribution is 2.24. The summed E-state index contributed by atoms with van der Waals surface area (Å²) in [6.07, 6.45) is 4.95. The molecular weight excluding hydrogens is 335 g/mol. The molecule has 0 bridgehead atoms. The van der Waals surface area contributed by atoms with Crippen molar-refractivity contribution in [1.82, 2.24) is 4.98 Å². The second-order valence-corrected chi connectivity index (χ2v) is 6.25. The minimum Gasteiger partial charge on any atom is -0.356 e. The zero-order chi connectivity index (χ0) is 18.5. The summed E-state index contributed by atoms with van der Waals surface area (Å²) >= 11 is 0. The Balaban J connectivity index is 1.83. The normalized spacial score (nSPS) is 14.0. The van der Waals surface area contributed by atoms with Gasteiger partial charge < -0.3 is 15.5 Å². The van der Waals surface area contributed by atoms with Gasteiger partial charge in [0.1, 0.15) is 11.6 Å². The van der Waals surface area contributed by atoms with Gasteiger partial charge in [-0.25, -0.2) is 9.37 Å². The molecule has 3 rings (SSSR count). The molecular formula is C19H21FN4O2. The van der Waals surface area contributed by atoms with E-state index in [1.807, 2.05) is 0 Å². The van der Waals surface area contributed by atoms with E-state index in [0.29, 0.717) is 17.1 Å². The first kappa shape index (κ1) is 17.8. The maximum absolute atomic E-state index is 14.1. The maximum Gasteiger partial charge on any atom is 0.259 e. The largest absolute Gasteiger partial charge is 0.356 e. The smallest absolute Gasteiger partial charge is 0.259 e. The van der Waals surface area contributed by atoms with E-state index in [4.69, 9.17) is 0 Å². The van der Waals surface area contributed by atoms with Crippen LogP contribution < -0.4 is 15.5 Å². The van der Waals surface area contributed by atoms with E-state index in [1.165, 1.54) is 31.5 Å². The minimum atomic E-state index is -0.573. The number of hydrogen-bond acceptors (Lipinski definition) is 4. The number of aromatic nitrogens is 1. The maximum atomic E-state index is 14.1. The van der Waals surface area contributed by atoms with Crippen LogP contribution in [-0.2, 0) is 4.79 Å². The number of piperidine rings is 1. The molecule has 0 saturated carbocycles.